The molecule has 0 aliphatic rings. The van der Waals surface area contributed by atoms with Crippen LogP contribution in [0.25, 0.3) is 0 Å². The molecule has 0 bridgehead atoms. The zero-order valence-electron chi connectivity index (χ0n) is 10.6. The van der Waals surface area contributed by atoms with E-state index in [1.165, 1.54) is 7.11 Å². The van der Waals surface area contributed by atoms with Gasteiger partial charge < -0.3 is 9.84 Å². The topological polar surface area (TPSA) is 46.5 Å². The van der Waals surface area contributed by atoms with Crippen LogP contribution in [0.3, 0.4) is 0 Å². The highest BCUT2D eigenvalue weighted by atomic mass is 19.3. The maximum atomic E-state index is 13.4. The van der Waals surface area contributed by atoms with Crippen molar-refractivity contribution in [2.24, 2.45) is 0 Å². The smallest absolute Gasteiger partial charge is 0.309 e. The molecule has 100 valence electrons. The summed E-state index contributed by atoms with van der Waals surface area (Å²) in [7, 11) is 1.52. The van der Waals surface area contributed by atoms with E-state index in [4.69, 9.17) is 9.84 Å². The van der Waals surface area contributed by atoms with E-state index in [-0.39, 0.29) is 0 Å². The van der Waals surface area contributed by atoms with Gasteiger partial charge in [0.1, 0.15) is 12.2 Å². The van der Waals surface area contributed by atoms with Crippen molar-refractivity contribution < 1.29 is 23.4 Å². The summed E-state index contributed by atoms with van der Waals surface area (Å²) in [5.41, 5.74) is 1.94. The van der Waals surface area contributed by atoms with Gasteiger partial charge in [-0.2, -0.15) is 0 Å². The summed E-state index contributed by atoms with van der Waals surface area (Å²) < 4.78 is 31.9. The molecule has 0 aromatic heterocycles. The Kier molecular flexibility index (Phi) is 4.27. The van der Waals surface area contributed by atoms with E-state index in [1.54, 1.807) is 26.0 Å². The average molecular weight is 258 g/mol. The Morgan fingerprint density at radius 3 is 2.22 bits per heavy atom. The van der Waals surface area contributed by atoms with Crippen LogP contribution in [-0.4, -0.2) is 24.1 Å². The zero-order valence-corrected chi connectivity index (χ0v) is 10.6. The Morgan fingerprint density at radius 2 is 1.83 bits per heavy atom. The van der Waals surface area contributed by atoms with Crippen molar-refractivity contribution in [1.29, 1.82) is 0 Å². The summed E-state index contributed by atoms with van der Waals surface area (Å²) in [6, 6.07) is 3.20. The number of halogens is 2. The van der Waals surface area contributed by atoms with Crippen molar-refractivity contribution >= 4 is 5.97 Å². The molecule has 1 aromatic rings. The number of aryl methyl sites for hydroxylation is 2. The molecular formula is C13H16F2O3. The molecule has 0 saturated heterocycles. The van der Waals surface area contributed by atoms with E-state index in [9.17, 15) is 13.6 Å². The SMILES string of the molecule is COc1c(C)cc(CC(F)(F)CC(=O)O)cc1C. The predicted octanol–water partition coefficient (Wildman–Crippen LogP) is 2.96. The summed E-state index contributed by atoms with van der Waals surface area (Å²) in [5, 5.41) is 8.42. The molecule has 0 aliphatic heterocycles. The van der Waals surface area contributed by atoms with Crippen LogP contribution >= 0.6 is 0 Å². The van der Waals surface area contributed by atoms with Gasteiger partial charge in [-0.05, 0) is 30.5 Å². The van der Waals surface area contributed by atoms with Crippen LogP contribution in [0.15, 0.2) is 12.1 Å². The summed E-state index contributed by atoms with van der Waals surface area (Å²) in [6.07, 6.45) is -1.73. The van der Waals surface area contributed by atoms with E-state index in [2.05, 4.69) is 0 Å². The first kappa shape index (κ1) is 14.4. The second-order valence-corrected chi connectivity index (χ2v) is 4.37. The van der Waals surface area contributed by atoms with Gasteiger partial charge in [0.05, 0.1) is 7.11 Å². The third-order valence-corrected chi connectivity index (χ3v) is 2.60. The number of rotatable bonds is 5. The molecule has 0 unspecified atom stereocenters. The third-order valence-electron chi connectivity index (χ3n) is 2.60. The minimum Gasteiger partial charge on any atom is -0.496 e. The molecule has 0 radical (unpaired) electrons. The molecule has 3 nitrogen and oxygen atoms in total. The van der Waals surface area contributed by atoms with Crippen LogP contribution < -0.4 is 4.74 Å². The number of benzene rings is 1. The van der Waals surface area contributed by atoms with Crippen LogP contribution in [0.1, 0.15) is 23.1 Å². The zero-order chi connectivity index (χ0) is 13.9. The van der Waals surface area contributed by atoms with Gasteiger partial charge in [-0.1, -0.05) is 12.1 Å². The number of ether oxygens (including phenoxy) is 1. The number of alkyl halides is 2. The minimum absolute atomic E-state index is 0.414. The fourth-order valence-electron chi connectivity index (χ4n) is 2.05. The molecule has 5 heteroatoms. The van der Waals surface area contributed by atoms with E-state index < -0.39 is 24.7 Å². The first-order valence-electron chi connectivity index (χ1n) is 5.49. The first-order valence-corrected chi connectivity index (χ1v) is 5.49. The van der Waals surface area contributed by atoms with Crippen molar-refractivity contribution in [3.05, 3.63) is 28.8 Å². The molecule has 0 saturated carbocycles. The second kappa shape index (κ2) is 5.33. The van der Waals surface area contributed by atoms with Gasteiger partial charge >= 0.3 is 5.97 Å². The first-order chi connectivity index (χ1) is 8.25. The van der Waals surface area contributed by atoms with Crippen LogP contribution in [0.5, 0.6) is 5.75 Å². The summed E-state index contributed by atoms with van der Waals surface area (Å²) in [5.74, 6) is -4.07. The Hall–Kier alpha value is -1.65. The van der Waals surface area contributed by atoms with Gasteiger partial charge in [0.2, 0.25) is 0 Å². The van der Waals surface area contributed by atoms with Crippen LogP contribution in [0.4, 0.5) is 8.78 Å². The summed E-state index contributed by atoms with van der Waals surface area (Å²) >= 11 is 0. The van der Waals surface area contributed by atoms with E-state index in [1.807, 2.05) is 0 Å². The normalized spacial score (nSPS) is 11.4. The molecule has 0 fully saturated rings. The number of hydrogen-bond acceptors (Lipinski definition) is 2. The van der Waals surface area contributed by atoms with Gasteiger partial charge in [0.15, 0.2) is 0 Å². The molecule has 0 amide bonds. The lowest BCUT2D eigenvalue weighted by Crippen LogP contribution is -2.23. The third kappa shape index (κ3) is 3.68. The maximum absolute atomic E-state index is 13.4. The number of carbonyl (C=O) groups is 1. The van der Waals surface area contributed by atoms with Crippen molar-refractivity contribution in [2.75, 3.05) is 7.11 Å². The highest BCUT2D eigenvalue weighted by Gasteiger charge is 2.32. The maximum Gasteiger partial charge on any atom is 0.309 e. The fraction of sp³-hybridized carbons (Fsp3) is 0.462. The largest absolute Gasteiger partial charge is 0.496 e. The molecule has 1 rings (SSSR count). The Balaban J connectivity index is 2.95. The number of hydrogen-bond donors (Lipinski definition) is 1. The van der Waals surface area contributed by atoms with Crippen LogP contribution in [0, 0.1) is 13.8 Å². The van der Waals surface area contributed by atoms with E-state index in [0.717, 1.165) is 11.1 Å². The lowest BCUT2D eigenvalue weighted by atomic mass is 9.99. The fourth-order valence-corrected chi connectivity index (χ4v) is 2.05. The van der Waals surface area contributed by atoms with Crippen molar-refractivity contribution in [1.82, 2.24) is 0 Å². The molecule has 0 aliphatic carbocycles. The number of methoxy groups -OCH3 is 1. The predicted molar refractivity (Wildman–Crippen MR) is 63.4 cm³/mol. The van der Waals surface area contributed by atoms with Gasteiger partial charge in [-0.25, -0.2) is 8.78 Å². The minimum atomic E-state index is -3.24. The van der Waals surface area contributed by atoms with Crippen LogP contribution in [0.2, 0.25) is 0 Å². The van der Waals surface area contributed by atoms with Gasteiger partial charge in [0.25, 0.3) is 5.92 Å². The highest BCUT2D eigenvalue weighted by Crippen LogP contribution is 2.29. The Bertz CT molecular complexity index is 433. The van der Waals surface area contributed by atoms with Crippen molar-refractivity contribution in [3.63, 3.8) is 0 Å². The Labute approximate surface area is 104 Å². The number of carboxylic acid groups (broad SMARTS) is 1. The second-order valence-electron chi connectivity index (χ2n) is 4.37. The molecule has 0 atom stereocenters. The molecule has 1 aromatic carbocycles. The number of carboxylic acids is 1. The summed E-state index contributed by atoms with van der Waals surface area (Å²) in [4.78, 5) is 10.3. The van der Waals surface area contributed by atoms with E-state index in [0.29, 0.717) is 11.3 Å². The molecule has 18 heavy (non-hydrogen) atoms. The quantitative estimate of drug-likeness (QED) is 0.883. The summed E-state index contributed by atoms with van der Waals surface area (Å²) in [6.45, 7) is 3.54. The monoisotopic (exact) mass is 258 g/mol. The van der Waals surface area contributed by atoms with Gasteiger partial charge in [-0.15, -0.1) is 0 Å². The van der Waals surface area contributed by atoms with Crippen molar-refractivity contribution in [2.45, 2.75) is 32.6 Å². The molecule has 0 spiro atoms. The molecular weight excluding hydrogens is 242 g/mol. The van der Waals surface area contributed by atoms with Gasteiger partial charge in [0, 0.05) is 6.42 Å². The van der Waals surface area contributed by atoms with Crippen molar-refractivity contribution in [3.8, 4) is 5.75 Å². The Morgan fingerprint density at radius 1 is 1.33 bits per heavy atom. The van der Waals surface area contributed by atoms with Crippen LogP contribution in [-0.2, 0) is 11.2 Å². The van der Waals surface area contributed by atoms with E-state index >= 15 is 0 Å². The molecule has 0 heterocycles. The number of aliphatic carboxylic acids is 1. The molecule has 1 N–H and O–H groups in total. The average Bonchev–Trinajstić information content (AvgIpc) is 2.13. The lowest BCUT2D eigenvalue weighted by molar-refractivity contribution is -0.144. The highest BCUT2D eigenvalue weighted by molar-refractivity contribution is 5.67. The standard InChI is InChI=1S/C13H16F2O3/c1-8-4-10(5-9(2)12(8)18-3)6-13(14,15)7-11(16)17/h4-5H,6-7H2,1-3H3,(H,16,17). The lowest BCUT2D eigenvalue weighted by Gasteiger charge is -2.16. The van der Waals surface area contributed by atoms with Gasteiger partial charge in [-0.3, -0.25) is 4.79 Å².